The van der Waals surface area contributed by atoms with E-state index < -0.39 is 0 Å². The van der Waals surface area contributed by atoms with E-state index in [9.17, 15) is 9.18 Å². The second kappa shape index (κ2) is 5.88. The molecule has 1 aliphatic carbocycles. The van der Waals surface area contributed by atoms with Crippen LogP contribution in [0.2, 0.25) is 0 Å². The standard InChI is InChI=1S/C19H18FN3O2/c1-23(2)19-22-16-8-7-13(9-17(16)25-19)21-18(24)15-10-14(15)11-3-5-12(20)6-4-11/h3-9,14-15H,10H2,1-2H3,(H,21,24)/t14-,15-/m0/s1. The Morgan fingerprint density at radius 3 is 2.72 bits per heavy atom. The van der Waals surface area contributed by atoms with Crippen LogP contribution in [0.3, 0.4) is 0 Å². The Hall–Kier alpha value is -2.89. The van der Waals surface area contributed by atoms with Crippen LogP contribution in [-0.4, -0.2) is 25.0 Å². The van der Waals surface area contributed by atoms with Gasteiger partial charge in [0.05, 0.1) is 0 Å². The maximum Gasteiger partial charge on any atom is 0.297 e. The molecule has 1 amide bonds. The van der Waals surface area contributed by atoms with Gasteiger partial charge in [-0.3, -0.25) is 4.79 Å². The van der Waals surface area contributed by atoms with Gasteiger partial charge in [-0.15, -0.1) is 0 Å². The van der Waals surface area contributed by atoms with Crippen LogP contribution in [-0.2, 0) is 4.79 Å². The molecule has 0 bridgehead atoms. The van der Waals surface area contributed by atoms with Crippen LogP contribution in [0.5, 0.6) is 0 Å². The molecule has 6 heteroatoms. The minimum absolute atomic E-state index is 0.0268. The number of halogens is 1. The second-order valence-electron chi connectivity index (χ2n) is 6.56. The number of nitrogens with one attached hydrogen (secondary N) is 1. The van der Waals surface area contributed by atoms with Gasteiger partial charge >= 0.3 is 0 Å². The van der Waals surface area contributed by atoms with E-state index in [1.807, 2.05) is 26.2 Å². The van der Waals surface area contributed by atoms with Gasteiger partial charge in [-0.2, -0.15) is 4.98 Å². The summed E-state index contributed by atoms with van der Waals surface area (Å²) in [4.78, 5) is 18.6. The highest BCUT2D eigenvalue weighted by Gasteiger charge is 2.43. The first-order valence-corrected chi connectivity index (χ1v) is 8.15. The zero-order valence-electron chi connectivity index (χ0n) is 14.0. The summed E-state index contributed by atoms with van der Waals surface area (Å²) in [6, 6.07) is 12.3. The molecule has 1 fully saturated rings. The van der Waals surface area contributed by atoms with Gasteiger partial charge in [-0.1, -0.05) is 12.1 Å². The van der Waals surface area contributed by atoms with Crippen molar-refractivity contribution in [3.63, 3.8) is 0 Å². The summed E-state index contributed by atoms with van der Waals surface area (Å²) in [7, 11) is 3.71. The Bertz CT molecular complexity index is 933. The highest BCUT2D eigenvalue weighted by Crippen LogP contribution is 2.48. The molecule has 1 aliphatic rings. The molecule has 2 atom stereocenters. The number of carbonyl (C=O) groups is 1. The topological polar surface area (TPSA) is 58.4 Å². The SMILES string of the molecule is CN(C)c1nc2ccc(NC(=O)[C@H]3C[C@H]3c3ccc(F)cc3)cc2o1. The Morgan fingerprint density at radius 2 is 2.00 bits per heavy atom. The van der Waals surface area contributed by atoms with Crippen LogP contribution in [0.1, 0.15) is 17.9 Å². The van der Waals surface area contributed by atoms with E-state index in [0.29, 0.717) is 17.3 Å². The molecule has 1 aromatic heterocycles. The molecule has 25 heavy (non-hydrogen) atoms. The van der Waals surface area contributed by atoms with Gasteiger partial charge in [-0.05, 0) is 42.2 Å². The number of oxazole rings is 1. The third-order valence-electron chi connectivity index (χ3n) is 4.45. The van der Waals surface area contributed by atoms with Crippen LogP contribution < -0.4 is 10.2 Å². The number of benzene rings is 2. The minimum atomic E-state index is -0.261. The fraction of sp³-hybridized carbons (Fsp3) is 0.263. The van der Waals surface area contributed by atoms with Gasteiger partial charge in [-0.25, -0.2) is 4.39 Å². The largest absolute Gasteiger partial charge is 0.423 e. The van der Waals surface area contributed by atoms with Crippen molar-refractivity contribution in [3.8, 4) is 0 Å². The normalized spacial score (nSPS) is 19.0. The molecule has 3 aromatic rings. The van der Waals surface area contributed by atoms with Crippen molar-refractivity contribution in [2.45, 2.75) is 12.3 Å². The predicted octanol–water partition coefficient (Wildman–Crippen LogP) is 3.78. The Labute approximate surface area is 144 Å². The van der Waals surface area contributed by atoms with Gasteiger partial charge in [0.15, 0.2) is 5.58 Å². The van der Waals surface area contributed by atoms with Crippen LogP contribution in [0.25, 0.3) is 11.1 Å². The summed E-state index contributed by atoms with van der Waals surface area (Å²) in [5.74, 6) is -0.202. The first kappa shape index (κ1) is 15.6. The van der Waals surface area contributed by atoms with E-state index >= 15 is 0 Å². The fourth-order valence-corrected chi connectivity index (χ4v) is 2.98. The average molecular weight is 339 g/mol. The summed E-state index contributed by atoms with van der Waals surface area (Å²) in [6.45, 7) is 0. The monoisotopic (exact) mass is 339 g/mol. The molecule has 1 N–H and O–H groups in total. The first-order chi connectivity index (χ1) is 12.0. The number of anilines is 2. The zero-order chi connectivity index (χ0) is 17.6. The lowest BCUT2D eigenvalue weighted by molar-refractivity contribution is -0.117. The van der Waals surface area contributed by atoms with E-state index in [2.05, 4.69) is 10.3 Å². The average Bonchev–Trinajstić information content (AvgIpc) is 3.27. The van der Waals surface area contributed by atoms with Gasteiger partial charge in [0.1, 0.15) is 11.3 Å². The highest BCUT2D eigenvalue weighted by atomic mass is 19.1. The van der Waals surface area contributed by atoms with Crippen molar-refractivity contribution >= 4 is 28.7 Å². The van der Waals surface area contributed by atoms with Crippen LogP contribution in [0.4, 0.5) is 16.1 Å². The number of aromatic nitrogens is 1. The van der Waals surface area contributed by atoms with Crippen molar-refractivity contribution in [1.29, 1.82) is 0 Å². The number of amides is 1. The summed E-state index contributed by atoms with van der Waals surface area (Å²) in [5, 5.41) is 2.93. The molecule has 1 heterocycles. The lowest BCUT2D eigenvalue weighted by Gasteiger charge is -2.05. The molecule has 0 aliphatic heterocycles. The lowest BCUT2D eigenvalue weighted by Crippen LogP contribution is -2.14. The third-order valence-corrected chi connectivity index (χ3v) is 4.45. The van der Waals surface area contributed by atoms with Gasteiger partial charge in [0, 0.05) is 31.8 Å². The molecule has 4 rings (SSSR count). The molecular formula is C19H18FN3O2. The Kier molecular flexibility index (Phi) is 3.67. The Balaban J connectivity index is 1.46. The van der Waals surface area contributed by atoms with E-state index in [1.54, 1.807) is 23.1 Å². The van der Waals surface area contributed by atoms with E-state index in [1.165, 1.54) is 12.1 Å². The summed E-state index contributed by atoms with van der Waals surface area (Å²) in [5.41, 5.74) is 3.07. The first-order valence-electron chi connectivity index (χ1n) is 8.15. The molecule has 128 valence electrons. The molecular weight excluding hydrogens is 321 g/mol. The van der Waals surface area contributed by atoms with E-state index in [0.717, 1.165) is 17.5 Å². The number of fused-ring (bicyclic) bond motifs is 1. The molecule has 0 radical (unpaired) electrons. The molecule has 0 spiro atoms. The van der Waals surface area contributed by atoms with E-state index in [4.69, 9.17) is 4.42 Å². The number of hydrogen-bond donors (Lipinski definition) is 1. The summed E-state index contributed by atoms with van der Waals surface area (Å²) in [6.07, 6.45) is 0.785. The van der Waals surface area contributed by atoms with Gasteiger partial charge in [0.25, 0.3) is 6.01 Å². The predicted molar refractivity (Wildman–Crippen MR) is 94.2 cm³/mol. The van der Waals surface area contributed by atoms with Crippen LogP contribution in [0, 0.1) is 11.7 Å². The van der Waals surface area contributed by atoms with Gasteiger partial charge < -0.3 is 14.6 Å². The zero-order valence-corrected chi connectivity index (χ0v) is 14.0. The lowest BCUT2D eigenvalue weighted by atomic mass is 10.1. The van der Waals surface area contributed by atoms with Crippen LogP contribution >= 0.6 is 0 Å². The van der Waals surface area contributed by atoms with Crippen molar-refractivity contribution in [2.75, 3.05) is 24.3 Å². The molecule has 1 saturated carbocycles. The highest BCUT2D eigenvalue weighted by molar-refractivity contribution is 5.96. The van der Waals surface area contributed by atoms with Crippen molar-refractivity contribution in [1.82, 2.24) is 4.98 Å². The fourth-order valence-electron chi connectivity index (χ4n) is 2.98. The maximum atomic E-state index is 13.0. The maximum absolute atomic E-state index is 13.0. The minimum Gasteiger partial charge on any atom is -0.423 e. The van der Waals surface area contributed by atoms with E-state index in [-0.39, 0.29) is 23.6 Å². The second-order valence-corrected chi connectivity index (χ2v) is 6.56. The Morgan fingerprint density at radius 1 is 1.24 bits per heavy atom. The molecule has 2 aromatic carbocycles. The number of rotatable bonds is 4. The van der Waals surface area contributed by atoms with Crippen molar-refractivity contribution in [2.24, 2.45) is 5.92 Å². The smallest absolute Gasteiger partial charge is 0.297 e. The van der Waals surface area contributed by atoms with Gasteiger partial charge in [0.2, 0.25) is 5.91 Å². The summed E-state index contributed by atoms with van der Waals surface area (Å²) >= 11 is 0. The van der Waals surface area contributed by atoms with Crippen molar-refractivity contribution < 1.29 is 13.6 Å². The third kappa shape index (κ3) is 3.07. The van der Waals surface area contributed by atoms with Crippen LogP contribution in [0.15, 0.2) is 46.9 Å². The molecule has 0 unspecified atom stereocenters. The molecule has 0 saturated heterocycles. The van der Waals surface area contributed by atoms with Crippen molar-refractivity contribution in [3.05, 3.63) is 53.8 Å². The number of hydrogen-bond acceptors (Lipinski definition) is 4. The summed E-state index contributed by atoms with van der Waals surface area (Å²) < 4.78 is 18.7. The quantitative estimate of drug-likeness (QED) is 0.786. The number of carbonyl (C=O) groups excluding carboxylic acids is 1. The number of nitrogens with zero attached hydrogens (tertiary/aromatic N) is 2. The molecule has 5 nitrogen and oxygen atoms in total.